The van der Waals surface area contributed by atoms with E-state index >= 15 is 0 Å². The van der Waals surface area contributed by atoms with Gasteiger partial charge in [-0.25, -0.2) is 0 Å². The maximum Gasteiger partial charge on any atom is 0.401 e. The quantitative estimate of drug-likeness (QED) is 0.691. The minimum absolute atomic E-state index is 0.0708. The molecule has 0 N–H and O–H groups in total. The van der Waals surface area contributed by atoms with Crippen molar-refractivity contribution in [3.05, 3.63) is 0 Å². The fourth-order valence-corrected chi connectivity index (χ4v) is 3.13. The average Bonchev–Trinajstić information content (AvgIpc) is 2.28. The first-order valence-electron chi connectivity index (χ1n) is 6.34. The second-order valence-electron chi connectivity index (χ2n) is 5.07. The van der Waals surface area contributed by atoms with Crippen LogP contribution in [-0.2, 0) is 4.74 Å². The zero-order valence-electron chi connectivity index (χ0n) is 10.7. The van der Waals surface area contributed by atoms with E-state index in [1.54, 1.807) is 0 Å². The summed E-state index contributed by atoms with van der Waals surface area (Å²) in [6.07, 6.45) is -1.72. The van der Waals surface area contributed by atoms with Gasteiger partial charge in [-0.2, -0.15) is 13.2 Å². The third-order valence-electron chi connectivity index (χ3n) is 3.34. The molecule has 0 amide bonds. The Morgan fingerprint density at radius 3 is 2.33 bits per heavy atom. The number of ether oxygens (including phenoxy) is 1. The molecule has 18 heavy (non-hydrogen) atoms. The number of rotatable bonds is 6. The Morgan fingerprint density at radius 2 is 1.89 bits per heavy atom. The first-order chi connectivity index (χ1) is 8.41. The highest BCUT2D eigenvalue weighted by molar-refractivity contribution is 9.09. The normalized spacial score (nSPS) is 20.3. The molecule has 0 aromatic rings. The summed E-state index contributed by atoms with van der Waals surface area (Å²) in [5.41, 5.74) is -0.0708. The highest BCUT2D eigenvalue weighted by Crippen LogP contribution is 2.34. The van der Waals surface area contributed by atoms with Gasteiger partial charge >= 0.3 is 6.18 Å². The van der Waals surface area contributed by atoms with Crippen LogP contribution in [-0.4, -0.2) is 49.3 Å². The molecule has 0 spiro atoms. The number of alkyl halides is 4. The summed E-state index contributed by atoms with van der Waals surface area (Å²) in [5.74, 6) is 0. The summed E-state index contributed by atoms with van der Waals surface area (Å²) in [7, 11) is 0. The van der Waals surface area contributed by atoms with Crippen molar-refractivity contribution in [2.45, 2.75) is 32.4 Å². The van der Waals surface area contributed by atoms with Crippen LogP contribution in [0.2, 0.25) is 0 Å². The van der Waals surface area contributed by atoms with Crippen molar-refractivity contribution >= 4 is 15.9 Å². The molecule has 0 bridgehead atoms. The monoisotopic (exact) mass is 331 g/mol. The van der Waals surface area contributed by atoms with Gasteiger partial charge in [-0.15, -0.1) is 0 Å². The number of nitrogens with zero attached hydrogens (tertiary/aromatic N) is 1. The van der Waals surface area contributed by atoms with E-state index in [0.29, 0.717) is 26.3 Å². The van der Waals surface area contributed by atoms with Gasteiger partial charge in [-0.05, 0) is 31.2 Å². The van der Waals surface area contributed by atoms with Gasteiger partial charge in [0.15, 0.2) is 0 Å². The van der Waals surface area contributed by atoms with Crippen molar-refractivity contribution in [2.75, 3.05) is 38.2 Å². The molecule has 1 aliphatic heterocycles. The molecule has 1 fully saturated rings. The average molecular weight is 332 g/mol. The van der Waals surface area contributed by atoms with Gasteiger partial charge in [0.25, 0.3) is 0 Å². The van der Waals surface area contributed by atoms with E-state index in [4.69, 9.17) is 4.74 Å². The van der Waals surface area contributed by atoms with Crippen LogP contribution in [0.5, 0.6) is 0 Å². The molecule has 1 aliphatic rings. The molecule has 1 saturated heterocycles. The molecule has 6 heteroatoms. The van der Waals surface area contributed by atoms with E-state index in [2.05, 4.69) is 15.9 Å². The molecule has 0 atom stereocenters. The van der Waals surface area contributed by atoms with E-state index in [-0.39, 0.29) is 5.41 Å². The second-order valence-corrected chi connectivity index (χ2v) is 5.63. The first kappa shape index (κ1) is 16.2. The fraction of sp³-hybridized carbons (Fsp3) is 1.00. The van der Waals surface area contributed by atoms with Crippen molar-refractivity contribution in [2.24, 2.45) is 5.41 Å². The Morgan fingerprint density at radius 1 is 1.28 bits per heavy atom. The van der Waals surface area contributed by atoms with Crippen LogP contribution in [0.3, 0.4) is 0 Å². The molecule has 1 rings (SSSR count). The van der Waals surface area contributed by atoms with Crippen LogP contribution in [0.1, 0.15) is 26.2 Å². The summed E-state index contributed by atoms with van der Waals surface area (Å²) < 4.78 is 42.9. The Hall–Kier alpha value is 0.190. The summed E-state index contributed by atoms with van der Waals surface area (Å²) in [6, 6.07) is 0. The van der Waals surface area contributed by atoms with E-state index in [1.165, 1.54) is 4.90 Å². The third-order valence-corrected chi connectivity index (χ3v) is 4.53. The predicted molar refractivity (Wildman–Crippen MR) is 69.1 cm³/mol. The van der Waals surface area contributed by atoms with E-state index < -0.39 is 12.7 Å². The molecule has 0 aromatic carbocycles. The molecular weight excluding hydrogens is 311 g/mol. The second kappa shape index (κ2) is 7.10. The van der Waals surface area contributed by atoms with Crippen molar-refractivity contribution in [3.8, 4) is 0 Å². The predicted octanol–water partition coefficient (Wildman–Crippen LogP) is 3.45. The van der Waals surface area contributed by atoms with Crippen LogP contribution < -0.4 is 0 Å². The summed E-state index contributed by atoms with van der Waals surface area (Å²) in [6.45, 7) is 3.39. The maximum absolute atomic E-state index is 12.5. The molecule has 1 heterocycles. The largest absolute Gasteiger partial charge is 0.401 e. The van der Waals surface area contributed by atoms with Crippen molar-refractivity contribution < 1.29 is 17.9 Å². The van der Waals surface area contributed by atoms with Gasteiger partial charge in [-0.3, -0.25) is 4.90 Å². The molecule has 0 unspecified atom stereocenters. The SMILES string of the molecule is CCCN(CC(F)(F)F)CC1(CBr)CCOCC1. The molecule has 108 valence electrons. The van der Waals surface area contributed by atoms with Crippen LogP contribution in [0, 0.1) is 5.41 Å². The van der Waals surface area contributed by atoms with Crippen LogP contribution in [0.4, 0.5) is 13.2 Å². The Bertz CT molecular complexity index is 242. The van der Waals surface area contributed by atoms with Gasteiger partial charge in [-0.1, -0.05) is 22.9 Å². The number of hydrogen-bond acceptors (Lipinski definition) is 2. The van der Waals surface area contributed by atoms with Gasteiger partial charge in [0.05, 0.1) is 6.54 Å². The van der Waals surface area contributed by atoms with E-state index in [1.807, 2.05) is 6.92 Å². The van der Waals surface area contributed by atoms with E-state index in [9.17, 15) is 13.2 Å². The summed E-state index contributed by atoms with van der Waals surface area (Å²) in [5, 5.41) is 0.738. The maximum atomic E-state index is 12.5. The topological polar surface area (TPSA) is 12.5 Å². The van der Waals surface area contributed by atoms with Crippen molar-refractivity contribution in [1.29, 1.82) is 0 Å². The lowest BCUT2D eigenvalue weighted by molar-refractivity contribution is -0.150. The zero-order chi connectivity index (χ0) is 13.6. The lowest BCUT2D eigenvalue weighted by Crippen LogP contribution is -2.46. The fourth-order valence-electron chi connectivity index (χ4n) is 2.40. The summed E-state index contributed by atoms with van der Waals surface area (Å²) >= 11 is 3.46. The lowest BCUT2D eigenvalue weighted by Gasteiger charge is -2.40. The molecule has 0 aliphatic carbocycles. The van der Waals surface area contributed by atoms with Gasteiger partial charge in [0.2, 0.25) is 0 Å². The lowest BCUT2D eigenvalue weighted by atomic mass is 9.82. The minimum atomic E-state index is -4.12. The van der Waals surface area contributed by atoms with Crippen LogP contribution in [0.15, 0.2) is 0 Å². The third kappa shape index (κ3) is 5.45. The van der Waals surface area contributed by atoms with Crippen molar-refractivity contribution in [3.63, 3.8) is 0 Å². The van der Waals surface area contributed by atoms with Gasteiger partial charge in [0.1, 0.15) is 0 Å². The zero-order valence-corrected chi connectivity index (χ0v) is 12.3. The smallest absolute Gasteiger partial charge is 0.381 e. The van der Waals surface area contributed by atoms with Crippen molar-refractivity contribution in [1.82, 2.24) is 4.90 Å². The summed E-state index contributed by atoms with van der Waals surface area (Å²) in [4.78, 5) is 1.53. The Labute approximate surface area is 115 Å². The van der Waals surface area contributed by atoms with Crippen LogP contribution >= 0.6 is 15.9 Å². The Balaban J connectivity index is 2.62. The molecule has 2 nitrogen and oxygen atoms in total. The van der Waals surface area contributed by atoms with Gasteiger partial charge in [0, 0.05) is 25.1 Å². The standard InChI is InChI=1S/C12H21BrF3NO/c1-2-5-17(10-12(14,15)16)9-11(8-13)3-6-18-7-4-11/h2-10H2,1H3. The minimum Gasteiger partial charge on any atom is -0.381 e. The highest BCUT2D eigenvalue weighted by Gasteiger charge is 2.37. The Kier molecular flexibility index (Phi) is 6.41. The molecule has 0 aromatic heterocycles. The van der Waals surface area contributed by atoms with Gasteiger partial charge < -0.3 is 4.74 Å². The molecular formula is C12H21BrF3NO. The van der Waals surface area contributed by atoms with Crippen LogP contribution in [0.25, 0.3) is 0 Å². The van der Waals surface area contributed by atoms with E-state index in [0.717, 1.165) is 24.6 Å². The first-order valence-corrected chi connectivity index (χ1v) is 7.46. The number of hydrogen-bond donors (Lipinski definition) is 0. The highest BCUT2D eigenvalue weighted by atomic mass is 79.9. The molecule has 0 saturated carbocycles. The number of halogens is 4. The molecule has 0 radical (unpaired) electrons.